The lowest BCUT2D eigenvalue weighted by molar-refractivity contribution is -0.115. The summed E-state index contributed by atoms with van der Waals surface area (Å²) in [7, 11) is -4.06. The zero-order valence-electron chi connectivity index (χ0n) is 11.0. The van der Waals surface area contributed by atoms with Crippen LogP contribution in [-0.4, -0.2) is 35.8 Å². The van der Waals surface area contributed by atoms with Gasteiger partial charge in [-0.2, -0.15) is 5.10 Å². The monoisotopic (exact) mass is 300 g/mol. The Morgan fingerprint density at radius 2 is 2.25 bits per heavy atom. The van der Waals surface area contributed by atoms with Crippen molar-refractivity contribution in [2.24, 2.45) is 11.7 Å². The highest BCUT2D eigenvalue weighted by Crippen LogP contribution is 2.22. The van der Waals surface area contributed by atoms with Gasteiger partial charge in [-0.1, -0.05) is 6.92 Å². The first kappa shape index (κ1) is 14.5. The van der Waals surface area contributed by atoms with Gasteiger partial charge in [-0.15, -0.1) is 0 Å². The molecular weight excluding hydrogens is 284 g/mol. The molecule has 0 saturated heterocycles. The van der Waals surface area contributed by atoms with Crippen molar-refractivity contribution in [3.05, 3.63) is 17.5 Å². The average molecular weight is 300 g/mol. The highest BCUT2D eigenvalue weighted by atomic mass is 32.2. The minimum atomic E-state index is -4.06. The fraction of sp³-hybridized carbons (Fsp3) is 0.545. The molecule has 0 fully saturated rings. The first-order chi connectivity index (χ1) is 9.28. The Bertz CT molecular complexity index is 649. The molecule has 0 aromatic carbocycles. The molecule has 1 unspecified atom stereocenters. The molecule has 0 saturated carbocycles. The SMILES string of the molecule is CC1CCn2ncc(C(=O)NS(=O)(=O)CC(N)=O)c2C1. The van der Waals surface area contributed by atoms with Crippen LogP contribution in [0.4, 0.5) is 0 Å². The van der Waals surface area contributed by atoms with Crippen molar-refractivity contribution < 1.29 is 18.0 Å². The molecule has 0 radical (unpaired) electrons. The zero-order chi connectivity index (χ0) is 14.9. The number of carbonyl (C=O) groups is 2. The lowest BCUT2D eigenvalue weighted by atomic mass is 9.96. The van der Waals surface area contributed by atoms with Gasteiger partial charge in [-0.05, 0) is 18.8 Å². The number of sulfonamides is 1. The van der Waals surface area contributed by atoms with Gasteiger partial charge in [0.25, 0.3) is 5.91 Å². The van der Waals surface area contributed by atoms with Crippen molar-refractivity contribution in [3.63, 3.8) is 0 Å². The van der Waals surface area contributed by atoms with Crippen molar-refractivity contribution >= 4 is 21.8 Å². The third-order valence-electron chi connectivity index (χ3n) is 3.15. The molecule has 0 bridgehead atoms. The topological polar surface area (TPSA) is 124 Å². The molecule has 2 amide bonds. The number of aromatic nitrogens is 2. The Morgan fingerprint density at radius 1 is 1.55 bits per heavy atom. The first-order valence-electron chi connectivity index (χ1n) is 6.16. The van der Waals surface area contributed by atoms with Crippen molar-refractivity contribution in [2.75, 3.05) is 5.75 Å². The number of nitrogens with one attached hydrogen (secondary N) is 1. The maximum Gasteiger partial charge on any atom is 0.268 e. The molecule has 1 aliphatic rings. The van der Waals surface area contributed by atoms with Crippen LogP contribution in [0.15, 0.2) is 6.20 Å². The lowest BCUT2D eigenvalue weighted by Crippen LogP contribution is -2.37. The van der Waals surface area contributed by atoms with Gasteiger partial charge in [0.05, 0.1) is 17.5 Å². The van der Waals surface area contributed by atoms with Gasteiger partial charge in [0.2, 0.25) is 15.9 Å². The van der Waals surface area contributed by atoms with Gasteiger partial charge >= 0.3 is 0 Å². The van der Waals surface area contributed by atoms with E-state index in [0.29, 0.717) is 18.9 Å². The van der Waals surface area contributed by atoms with Crippen LogP contribution in [0.3, 0.4) is 0 Å². The highest BCUT2D eigenvalue weighted by molar-refractivity contribution is 7.90. The molecule has 1 aromatic heterocycles. The standard InChI is InChI=1S/C11H16N4O4S/c1-7-2-3-15-9(4-7)8(5-13-15)11(17)14-20(18,19)6-10(12)16/h5,7H,2-4,6H2,1H3,(H2,12,16)(H,14,17). The van der Waals surface area contributed by atoms with E-state index < -0.39 is 27.6 Å². The number of rotatable bonds is 4. The van der Waals surface area contributed by atoms with Crippen molar-refractivity contribution in [1.82, 2.24) is 14.5 Å². The Balaban J connectivity index is 2.19. The molecule has 8 nitrogen and oxygen atoms in total. The Kier molecular flexibility index (Phi) is 3.80. The summed E-state index contributed by atoms with van der Waals surface area (Å²) in [5, 5.41) is 4.07. The second-order valence-electron chi connectivity index (χ2n) is 4.98. The third kappa shape index (κ3) is 3.16. The number of nitrogens with zero attached hydrogens (tertiary/aromatic N) is 2. The zero-order valence-corrected chi connectivity index (χ0v) is 11.8. The van der Waals surface area contributed by atoms with E-state index in [2.05, 4.69) is 12.0 Å². The largest absolute Gasteiger partial charge is 0.369 e. The number of primary amides is 1. The van der Waals surface area contributed by atoms with Crippen molar-refractivity contribution in [2.45, 2.75) is 26.3 Å². The van der Waals surface area contributed by atoms with Gasteiger partial charge in [-0.25, -0.2) is 13.1 Å². The molecular formula is C11H16N4O4S. The maximum absolute atomic E-state index is 12.0. The van der Waals surface area contributed by atoms with Crippen LogP contribution in [0.1, 0.15) is 29.4 Å². The van der Waals surface area contributed by atoms with Gasteiger partial charge in [-0.3, -0.25) is 14.3 Å². The van der Waals surface area contributed by atoms with Crippen LogP contribution in [-0.2, 0) is 27.8 Å². The third-order valence-corrected chi connectivity index (χ3v) is 4.31. The minimum Gasteiger partial charge on any atom is -0.369 e. The summed E-state index contributed by atoms with van der Waals surface area (Å²) in [6.07, 6.45) is 2.98. The van der Waals surface area contributed by atoms with Gasteiger partial charge in [0.15, 0.2) is 0 Å². The first-order valence-corrected chi connectivity index (χ1v) is 7.81. The summed E-state index contributed by atoms with van der Waals surface area (Å²) in [5.74, 6) is -2.30. The van der Waals surface area contributed by atoms with Crippen LogP contribution in [0, 0.1) is 5.92 Å². The van der Waals surface area contributed by atoms with E-state index in [1.54, 1.807) is 4.68 Å². The summed E-state index contributed by atoms with van der Waals surface area (Å²) in [4.78, 5) is 22.6. The molecule has 20 heavy (non-hydrogen) atoms. The predicted molar refractivity (Wildman–Crippen MR) is 70.2 cm³/mol. The van der Waals surface area contributed by atoms with E-state index in [0.717, 1.165) is 12.1 Å². The molecule has 110 valence electrons. The Labute approximate surface area is 116 Å². The van der Waals surface area contributed by atoms with Crippen LogP contribution < -0.4 is 10.5 Å². The summed E-state index contributed by atoms with van der Waals surface area (Å²) in [6, 6.07) is 0. The van der Waals surface area contributed by atoms with E-state index in [1.165, 1.54) is 6.20 Å². The van der Waals surface area contributed by atoms with E-state index in [9.17, 15) is 18.0 Å². The van der Waals surface area contributed by atoms with E-state index in [-0.39, 0.29) is 5.56 Å². The highest BCUT2D eigenvalue weighted by Gasteiger charge is 2.26. The van der Waals surface area contributed by atoms with Crippen molar-refractivity contribution in [1.29, 1.82) is 0 Å². The molecule has 2 heterocycles. The smallest absolute Gasteiger partial charge is 0.268 e. The number of hydrogen-bond donors (Lipinski definition) is 2. The van der Waals surface area contributed by atoms with E-state index in [1.807, 2.05) is 4.72 Å². The quantitative estimate of drug-likeness (QED) is 0.738. The summed E-state index contributed by atoms with van der Waals surface area (Å²) < 4.78 is 26.6. The predicted octanol–water partition coefficient (Wildman–Crippen LogP) is -0.990. The summed E-state index contributed by atoms with van der Waals surface area (Å²) >= 11 is 0. The van der Waals surface area contributed by atoms with E-state index in [4.69, 9.17) is 5.73 Å². The van der Waals surface area contributed by atoms with Crippen molar-refractivity contribution in [3.8, 4) is 0 Å². The fourth-order valence-electron chi connectivity index (χ4n) is 2.20. The molecule has 0 aliphatic carbocycles. The average Bonchev–Trinajstić information content (AvgIpc) is 2.68. The van der Waals surface area contributed by atoms with Gasteiger partial charge in [0.1, 0.15) is 5.75 Å². The summed E-state index contributed by atoms with van der Waals surface area (Å²) in [5.41, 5.74) is 5.76. The number of fused-ring (bicyclic) bond motifs is 1. The minimum absolute atomic E-state index is 0.226. The normalized spacial score (nSPS) is 18.4. The number of amides is 2. The van der Waals surface area contributed by atoms with Gasteiger partial charge in [0, 0.05) is 6.54 Å². The number of carbonyl (C=O) groups excluding carboxylic acids is 2. The van der Waals surface area contributed by atoms with E-state index >= 15 is 0 Å². The second-order valence-corrected chi connectivity index (χ2v) is 6.70. The van der Waals surface area contributed by atoms with Crippen LogP contribution in [0.25, 0.3) is 0 Å². The number of aryl methyl sites for hydroxylation is 1. The van der Waals surface area contributed by atoms with Crippen LogP contribution in [0.2, 0.25) is 0 Å². The lowest BCUT2D eigenvalue weighted by Gasteiger charge is -2.20. The molecule has 3 N–H and O–H groups in total. The Hall–Kier alpha value is -1.90. The Morgan fingerprint density at radius 3 is 2.90 bits per heavy atom. The molecule has 0 spiro atoms. The molecule has 1 atom stereocenters. The van der Waals surface area contributed by atoms with Crippen LogP contribution >= 0.6 is 0 Å². The number of nitrogens with two attached hydrogens (primary N) is 1. The molecule has 1 aromatic rings. The summed E-state index contributed by atoms with van der Waals surface area (Å²) in [6.45, 7) is 2.76. The molecule has 9 heteroatoms. The van der Waals surface area contributed by atoms with Gasteiger partial charge < -0.3 is 5.73 Å². The van der Waals surface area contributed by atoms with Crippen LogP contribution in [0.5, 0.6) is 0 Å². The maximum atomic E-state index is 12.0. The number of hydrogen-bond acceptors (Lipinski definition) is 5. The fourth-order valence-corrected chi connectivity index (χ4v) is 3.04. The molecule has 1 aliphatic heterocycles. The molecule has 2 rings (SSSR count). The second kappa shape index (κ2) is 5.23.